The quantitative estimate of drug-likeness (QED) is 0.775. The van der Waals surface area contributed by atoms with Gasteiger partial charge >= 0.3 is 5.97 Å². The fraction of sp³-hybridized carbons (Fsp3) is 0.385. The van der Waals surface area contributed by atoms with E-state index in [1.807, 2.05) is 24.3 Å². The fourth-order valence-electron chi connectivity index (χ4n) is 1.43. The molecule has 0 saturated carbocycles. The van der Waals surface area contributed by atoms with Gasteiger partial charge in [0.1, 0.15) is 0 Å². The van der Waals surface area contributed by atoms with Crippen LogP contribution in [0.15, 0.2) is 24.3 Å². The Morgan fingerprint density at radius 3 is 2.19 bits per heavy atom. The maximum absolute atomic E-state index is 10.9. The molecule has 16 heavy (non-hydrogen) atoms. The van der Waals surface area contributed by atoms with Gasteiger partial charge in [-0.05, 0) is 23.5 Å². The van der Waals surface area contributed by atoms with E-state index in [1.165, 1.54) is 5.56 Å². The zero-order valence-electron chi connectivity index (χ0n) is 9.56. The Bertz CT molecular complexity index is 377. The Kier molecular flexibility index (Phi) is 4.23. The second-order valence-corrected chi connectivity index (χ2v) is 4.12. The van der Waals surface area contributed by atoms with Crippen LogP contribution in [-0.2, 0) is 16.0 Å². The van der Waals surface area contributed by atoms with E-state index in [-0.39, 0.29) is 6.42 Å². The lowest BCUT2D eigenvalue weighted by molar-refractivity contribution is -0.149. The Morgan fingerprint density at radius 2 is 1.75 bits per heavy atom. The minimum absolute atomic E-state index is 0.0658. The molecule has 0 spiro atoms. The van der Waals surface area contributed by atoms with Gasteiger partial charge in [0.15, 0.2) is 0 Å². The molecule has 0 aromatic heterocycles. The number of benzene rings is 1. The van der Waals surface area contributed by atoms with Gasteiger partial charge in [-0.3, -0.25) is 4.79 Å². The molecule has 86 valence electrons. The number of ketones is 1. The summed E-state index contributed by atoms with van der Waals surface area (Å²) in [5.41, 5.74) is 2.24. The Labute approximate surface area is 95.1 Å². The van der Waals surface area contributed by atoms with Gasteiger partial charge in [-0.15, -0.1) is 0 Å². The molecule has 1 N–H and O–H groups in total. The summed E-state index contributed by atoms with van der Waals surface area (Å²) < 4.78 is 0. The number of carbonyl (C=O) groups excluding carboxylic acids is 1. The van der Waals surface area contributed by atoms with Crippen molar-refractivity contribution in [3.63, 3.8) is 0 Å². The summed E-state index contributed by atoms with van der Waals surface area (Å²) in [5.74, 6) is -1.60. The highest BCUT2D eigenvalue weighted by Gasteiger charge is 2.10. The number of carboxylic acid groups (broad SMARTS) is 1. The molecule has 1 aromatic rings. The van der Waals surface area contributed by atoms with Gasteiger partial charge in [-0.25, -0.2) is 4.79 Å². The number of hydrogen-bond donors (Lipinski definition) is 1. The molecule has 0 amide bonds. The van der Waals surface area contributed by atoms with Crippen LogP contribution in [0.25, 0.3) is 0 Å². The van der Waals surface area contributed by atoms with Crippen molar-refractivity contribution in [1.82, 2.24) is 0 Å². The molecular weight excluding hydrogens is 204 g/mol. The molecule has 1 rings (SSSR count). The third-order valence-electron chi connectivity index (χ3n) is 2.53. The van der Waals surface area contributed by atoms with Crippen LogP contribution in [0.4, 0.5) is 0 Å². The second-order valence-electron chi connectivity index (χ2n) is 4.12. The summed E-state index contributed by atoms with van der Waals surface area (Å²) >= 11 is 0. The lowest BCUT2D eigenvalue weighted by Gasteiger charge is -2.06. The highest BCUT2D eigenvalue weighted by Crippen LogP contribution is 2.15. The average molecular weight is 220 g/mol. The van der Waals surface area contributed by atoms with Crippen molar-refractivity contribution in [3.8, 4) is 0 Å². The topological polar surface area (TPSA) is 54.4 Å². The Hall–Kier alpha value is -1.64. The van der Waals surface area contributed by atoms with Gasteiger partial charge < -0.3 is 5.11 Å². The van der Waals surface area contributed by atoms with Crippen LogP contribution in [0.3, 0.4) is 0 Å². The molecule has 0 fully saturated rings. The summed E-state index contributed by atoms with van der Waals surface area (Å²) in [6, 6.07) is 7.94. The van der Waals surface area contributed by atoms with Gasteiger partial charge in [0.25, 0.3) is 0 Å². The second kappa shape index (κ2) is 5.45. The monoisotopic (exact) mass is 220 g/mol. The van der Waals surface area contributed by atoms with Crippen LogP contribution in [0.5, 0.6) is 0 Å². The average Bonchev–Trinajstić information content (AvgIpc) is 2.26. The summed E-state index contributed by atoms with van der Waals surface area (Å²) in [6.07, 6.45) is 0.555. The molecule has 0 saturated heterocycles. The first-order valence-corrected chi connectivity index (χ1v) is 5.35. The molecule has 3 nitrogen and oxygen atoms in total. The molecule has 0 aliphatic heterocycles. The summed E-state index contributed by atoms with van der Waals surface area (Å²) in [4.78, 5) is 21.2. The molecule has 0 heterocycles. The fourth-order valence-corrected chi connectivity index (χ4v) is 1.43. The van der Waals surface area contributed by atoms with Crippen LogP contribution in [0.1, 0.15) is 37.3 Å². The van der Waals surface area contributed by atoms with Crippen molar-refractivity contribution in [1.29, 1.82) is 0 Å². The lowest BCUT2D eigenvalue weighted by Crippen LogP contribution is -2.12. The molecule has 0 aliphatic rings. The van der Waals surface area contributed by atoms with Gasteiger partial charge in [-0.1, -0.05) is 38.1 Å². The predicted molar refractivity (Wildman–Crippen MR) is 61.5 cm³/mol. The highest BCUT2D eigenvalue weighted by atomic mass is 16.4. The van der Waals surface area contributed by atoms with E-state index in [9.17, 15) is 9.59 Å². The number of rotatable bonds is 5. The summed E-state index contributed by atoms with van der Waals surface area (Å²) in [6.45, 7) is 4.23. The Balaban J connectivity index is 2.56. The molecule has 0 aliphatic carbocycles. The molecule has 0 radical (unpaired) electrons. The first-order chi connectivity index (χ1) is 7.50. The number of carbonyl (C=O) groups is 2. The minimum Gasteiger partial charge on any atom is -0.476 e. The summed E-state index contributed by atoms with van der Waals surface area (Å²) in [7, 11) is 0. The van der Waals surface area contributed by atoms with Gasteiger partial charge in [0, 0.05) is 6.42 Å². The SMILES string of the molecule is CC(C)c1ccc(CCC(=O)C(=O)O)cc1. The van der Waals surface area contributed by atoms with Crippen molar-refractivity contribution in [2.24, 2.45) is 0 Å². The van der Waals surface area contributed by atoms with Crippen LogP contribution in [0.2, 0.25) is 0 Å². The number of aliphatic carboxylic acids is 1. The highest BCUT2D eigenvalue weighted by molar-refractivity contribution is 6.32. The van der Waals surface area contributed by atoms with E-state index in [2.05, 4.69) is 13.8 Å². The third-order valence-corrected chi connectivity index (χ3v) is 2.53. The van der Waals surface area contributed by atoms with E-state index >= 15 is 0 Å². The van der Waals surface area contributed by atoms with Crippen molar-refractivity contribution in [2.75, 3.05) is 0 Å². The van der Waals surface area contributed by atoms with Crippen LogP contribution in [0, 0.1) is 0 Å². The van der Waals surface area contributed by atoms with Crippen molar-refractivity contribution in [3.05, 3.63) is 35.4 Å². The van der Waals surface area contributed by atoms with Crippen LogP contribution in [-0.4, -0.2) is 16.9 Å². The van der Waals surface area contributed by atoms with Crippen LogP contribution < -0.4 is 0 Å². The maximum atomic E-state index is 10.9. The van der Waals surface area contributed by atoms with Gasteiger partial charge in [-0.2, -0.15) is 0 Å². The summed E-state index contributed by atoms with van der Waals surface area (Å²) in [5, 5.41) is 8.43. The normalized spacial score (nSPS) is 10.4. The number of carboxylic acids is 1. The maximum Gasteiger partial charge on any atom is 0.372 e. The number of hydrogen-bond acceptors (Lipinski definition) is 2. The van der Waals surface area contributed by atoms with Crippen molar-refractivity contribution in [2.45, 2.75) is 32.6 Å². The first kappa shape index (κ1) is 12.4. The smallest absolute Gasteiger partial charge is 0.372 e. The minimum atomic E-state index is -1.35. The van der Waals surface area contributed by atoms with Crippen molar-refractivity contribution < 1.29 is 14.7 Å². The molecule has 3 heteroatoms. The van der Waals surface area contributed by atoms with E-state index in [1.54, 1.807) is 0 Å². The van der Waals surface area contributed by atoms with E-state index < -0.39 is 11.8 Å². The molecule has 0 unspecified atom stereocenters. The van der Waals surface area contributed by atoms with Gasteiger partial charge in [0.05, 0.1) is 0 Å². The molecular formula is C13H16O3. The third kappa shape index (κ3) is 3.50. The van der Waals surface area contributed by atoms with E-state index in [0.29, 0.717) is 12.3 Å². The van der Waals surface area contributed by atoms with E-state index in [4.69, 9.17) is 5.11 Å². The zero-order valence-corrected chi connectivity index (χ0v) is 9.56. The molecule has 0 atom stereocenters. The zero-order chi connectivity index (χ0) is 12.1. The number of Topliss-reactive ketones (excluding diaryl/α,β-unsaturated/α-hetero) is 1. The Morgan fingerprint density at radius 1 is 1.19 bits per heavy atom. The predicted octanol–water partition coefficient (Wildman–Crippen LogP) is 2.40. The molecule has 0 bridgehead atoms. The largest absolute Gasteiger partial charge is 0.476 e. The first-order valence-electron chi connectivity index (χ1n) is 5.35. The number of aryl methyl sites for hydroxylation is 1. The van der Waals surface area contributed by atoms with Crippen LogP contribution >= 0.6 is 0 Å². The standard InChI is InChI=1S/C13H16O3/c1-9(2)11-6-3-10(4-7-11)5-8-12(14)13(15)16/h3-4,6-7,9H,5,8H2,1-2H3,(H,15,16). The lowest BCUT2D eigenvalue weighted by atomic mass is 10.00. The molecule has 1 aromatic carbocycles. The van der Waals surface area contributed by atoms with Crippen molar-refractivity contribution >= 4 is 11.8 Å². The van der Waals surface area contributed by atoms with Gasteiger partial charge in [0.2, 0.25) is 5.78 Å². The van der Waals surface area contributed by atoms with E-state index in [0.717, 1.165) is 5.56 Å².